The van der Waals surface area contributed by atoms with Crippen LogP contribution in [0.5, 0.6) is 0 Å². The first-order chi connectivity index (χ1) is 12.5. The van der Waals surface area contributed by atoms with E-state index in [-0.39, 0.29) is 0 Å². The molecule has 0 saturated carbocycles. The molecule has 4 nitrogen and oxygen atoms in total. The van der Waals surface area contributed by atoms with Gasteiger partial charge in [0.15, 0.2) is 0 Å². The van der Waals surface area contributed by atoms with Gasteiger partial charge in [-0.05, 0) is 32.4 Å². The number of rotatable bonds is 3. The normalized spacial score (nSPS) is 16.0. The average molecular weight is 353 g/mol. The van der Waals surface area contributed by atoms with Gasteiger partial charge in [-0.3, -0.25) is 0 Å². The van der Waals surface area contributed by atoms with E-state index in [1.165, 1.54) is 5.56 Å². The third-order valence-corrected chi connectivity index (χ3v) is 4.62. The largest absolute Gasteiger partial charge is 0.396 e. The number of nitrogens with two attached hydrogens (primary N) is 2. The van der Waals surface area contributed by atoms with Gasteiger partial charge in [-0.25, -0.2) is 5.84 Å². The minimum Gasteiger partial charge on any atom is -0.396 e. The summed E-state index contributed by atoms with van der Waals surface area (Å²) in [6.45, 7) is 12.0. The van der Waals surface area contributed by atoms with Gasteiger partial charge in [-0.2, -0.15) is 0 Å². The molecule has 1 aliphatic heterocycles. The van der Waals surface area contributed by atoms with Crippen LogP contribution in [0.3, 0.4) is 0 Å². The van der Waals surface area contributed by atoms with E-state index in [1.807, 2.05) is 32.9 Å². The highest BCUT2D eigenvalue weighted by Gasteiger charge is 2.25. The average Bonchev–Trinajstić information content (AvgIpc) is 2.67. The second-order valence-electron chi connectivity index (χ2n) is 6.44. The highest BCUT2D eigenvalue weighted by atomic mass is 15.4. The first kappa shape index (κ1) is 19.9. The summed E-state index contributed by atoms with van der Waals surface area (Å²) < 4.78 is 0. The van der Waals surface area contributed by atoms with Crippen LogP contribution in [0, 0.1) is 0 Å². The van der Waals surface area contributed by atoms with Gasteiger partial charge < -0.3 is 15.6 Å². The summed E-state index contributed by atoms with van der Waals surface area (Å²) in [5.41, 5.74) is 12.8. The molecule has 2 aromatic carbocycles. The van der Waals surface area contributed by atoms with Gasteiger partial charge in [0, 0.05) is 35.9 Å². The molecule has 4 heteroatoms. The summed E-state index contributed by atoms with van der Waals surface area (Å²) in [5.74, 6) is 6.31. The molecule has 0 bridgehead atoms. The number of hydrazine groups is 1. The lowest BCUT2D eigenvalue weighted by Gasteiger charge is -2.35. The van der Waals surface area contributed by atoms with Gasteiger partial charge in [0.05, 0.1) is 11.4 Å². The van der Waals surface area contributed by atoms with Crippen LogP contribution in [-0.4, -0.2) is 17.6 Å². The highest BCUT2D eigenvalue weighted by Crippen LogP contribution is 2.36. The van der Waals surface area contributed by atoms with Gasteiger partial charge in [-0.1, -0.05) is 56.3 Å². The van der Waals surface area contributed by atoms with Crippen molar-refractivity contribution in [2.24, 2.45) is 11.6 Å². The quantitative estimate of drug-likeness (QED) is 0.634. The third-order valence-electron chi connectivity index (χ3n) is 4.62. The van der Waals surface area contributed by atoms with Crippen molar-refractivity contribution in [1.82, 2.24) is 5.01 Å². The smallest absolute Gasteiger partial charge is 0.0829 e. The Morgan fingerprint density at radius 2 is 1.58 bits per heavy atom. The molecule has 0 fully saturated rings. The fourth-order valence-electron chi connectivity index (χ4n) is 3.31. The summed E-state index contributed by atoms with van der Waals surface area (Å²) in [7, 11) is 0. The molecule has 3 rings (SSSR count). The van der Waals surface area contributed by atoms with E-state index in [0.717, 1.165) is 34.8 Å². The molecule has 0 spiro atoms. The Labute approximate surface area is 158 Å². The maximum atomic E-state index is 6.65. The predicted octanol–water partition coefficient (Wildman–Crippen LogP) is 4.42. The number of fused-ring (bicyclic) bond motifs is 2. The molecule has 140 valence electrons. The van der Waals surface area contributed by atoms with Crippen molar-refractivity contribution in [1.29, 1.82) is 0 Å². The zero-order valence-corrected chi connectivity index (χ0v) is 16.7. The van der Waals surface area contributed by atoms with Crippen molar-refractivity contribution in [2.45, 2.75) is 47.2 Å². The van der Waals surface area contributed by atoms with E-state index in [2.05, 4.69) is 55.1 Å². The molecule has 0 saturated heterocycles. The Kier molecular flexibility index (Phi) is 6.70. The number of nitrogens with zero attached hydrogens (tertiary/aromatic N) is 2. The molecule has 0 aliphatic carbocycles. The van der Waals surface area contributed by atoms with Crippen LogP contribution in [0.25, 0.3) is 11.4 Å². The molecule has 1 aliphatic rings. The monoisotopic (exact) mass is 352 g/mol. The van der Waals surface area contributed by atoms with Crippen LogP contribution in [0.4, 0.5) is 5.69 Å². The standard InChI is InChI=1S/C20H26N4.C2H6/c1-4-24(22)20-16-10-6-5-9-15(16)13-23(14(2)3)18-12-8-7-11-17(18)19(20)21;1-2/h5-12,14H,4,13,21-22H2,1-3H3;1-2H3/b20-19-;. The SMILES string of the molecule is CC.CCN(N)/C1=C(\N)c2ccccc2N(C(C)C)Cc2ccccc21. The molecule has 0 unspecified atom stereocenters. The number of benzene rings is 2. The molecule has 0 radical (unpaired) electrons. The van der Waals surface area contributed by atoms with Crippen LogP contribution in [0.2, 0.25) is 0 Å². The topological polar surface area (TPSA) is 58.5 Å². The lowest BCUT2D eigenvalue weighted by molar-refractivity contribution is 0.440. The first-order valence-electron chi connectivity index (χ1n) is 9.50. The lowest BCUT2D eigenvalue weighted by Crippen LogP contribution is -2.36. The van der Waals surface area contributed by atoms with Crippen LogP contribution < -0.4 is 16.5 Å². The fraction of sp³-hybridized carbons (Fsp3) is 0.364. The Balaban J connectivity index is 0.00000117. The van der Waals surface area contributed by atoms with Crippen molar-refractivity contribution in [3.05, 3.63) is 65.2 Å². The Morgan fingerprint density at radius 1 is 1.00 bits per heavy atom. The van der Waals surface area contributed by atoms with E-state index in [0.29, 0.717) is 12.6 Å². The molecule has 26 heavy (non-hydrogen) atoms. The second-order valence-corrected chi connectivity index (χ2v) is 6.44. The summed E-state index contributed by atoms with van der Waals surface area (Å²) >= 11 is 0. The molecule has 0 aromatic heterocycles. The molecular formula is C22H32N4. The highest BCUT2D eigenvalue weighted by molar-refractivity contribution is 5.93. The molecule has 1 heterocycles. The van der Waals surface area contributed by atoms with E-state index < -0.39 is 0 Å². The van der Waals surface area contributed by atoms with Crippen LogP contribution in [-0.2, 0) is 6.54 Å². The Bertz CT molecular complexity index is 764. The molecule has 2 aromatic rings. The van der Waals surface area contributed by atoms with Crippen molar-refractivity contribution < 1.29 is 0 Å². The van der Waals surface area contributed by atoms with E-state index >= 15 is 0 Å². The third kappa shape index (κ3) is 3.70. The van der Waals surface area contributed by atoms with Crippen molar-refractivity contribution in [3.63, 3.8) is 0 Å². The summed E-state index contributed by atoms with van der Waals surface area (Å²) in [4.78, 5) is 2.39. The Hall–Kier alpha value is -2.46. The van der Waals surface area contributed by atoms with Gasteiger partial charge in [0.25, 0.3) is 0 Å². The zero-order chi connectivity index (χ0) is 19.3. The number of para-hydroxylation sites is 1. The minimum absolute atomic E-state index is 0.369. The first-order valence-corrected chi connectivity index (χ1v) is 9.50. The molecule has 4 N–H and O–H groups in total. The maximum Gasteiger partial charge on any atom is 0.0829 e. The fourth-order valence-corrected chi connectivity index (χ4v) is 3.31. The van der Waals surface area contributed by atoms with E-state index in [9.17, 15) is 0 Å². The number of hydrogen-bond acceptors (Lipinski definition) is 4. The number of hydrogen-bond donors (Lipinski definition) is 2. The van der Waals surface area contributed by atoms with Crippen molar-refractivity contribution in [3.8, 4) is 0 Å². The second kappa shape index (κ2) is 8.77. The van der Waals surface area contributed by atoms with Gasteiger partial charge in [0.1, 0.15) is 0 Å². The molecule has 0 atom stereocenters. The Morgan fingerprint density at radius 3 is 2.19 bits per heavy atom. The zero-order valence-electron chi connectivity index (χ0n) is 16.7. The molecule has 0 amide bonds. The minimum atomic E-state index is 0.369. The summed E-state index contributed by atoms with van der Waals surface area (Å²) in [6, 6.07) is 17.1. The lowest BCUT2D eigenvalue weighted by atomic mass is 9.95. The van der Waals surface area contributed by atoms with Crippen LogP contribution in [0.15, 0.2) is 48.5 Å². The summed E-state index contributed by atoms with van der Waals surface area (Å²) in [5, 5.41) is 1.75. The molecular weight excluding hydrogens is 320 g/mol. The van der Waals surface area contributed by atoms with Crippen molar-refractivity contribution >= 4 is 17.1 Å². The summed E-state index contributed by atoms with van der Waals surface area (Å²) in [6.07, 6.45) is 0. The van der Waals surface area contributed by atoms with Gasteiger partial charge in [-0.15, -0.1) is 0 Å². The van der Waals surface area contributed by atoms with Crippen molar-refractivity contribution in [2.75, 3.05) is 11.4 Å². The predicted molar refractivity (Wildman–Crippen MR) is 113 cm³/mol. The van der Waals surface area contributed by atoms with Gasteiger partial charge >= 0.3 is 0 Å². The number of anilines is 1. The van der Waals surface area contributed by atoms with Crippen LogP contribution in [0.1, 0.15) is 51.3 Å². The van der Waals surface area contributed by atoms with E-state index in [1.54, 1.807) is 5.01 Å². The van der Waals surface area contributed by atoms with Crippen LogP contribution >= 0.6 is 0 Å². The van der Waals surface area contributed by atoms with E-state index in [4.69, 9.17) is 11.6 Å². The van der Waals surface area contributed by atoms with Gasteiger partial charge in [0.2, 0.25) is 0 Å². The maximum absolute atomic E-state index is 6.65.